The second-order valence-corrected chi connectivity index (χ2v) is 5.76. The van der Waals surface area contributed by atoms with Crippen LogP contribution in [0.1, 0.15) is 5.56 Å². The first-order valence-electron chi connectivity index (χ1n) is 4.08. The van der Waals surface area contributed by atoms with E-state index in [-0.39, 0.29) is 26.2 Å². The lowest BCUT2D eigenvalue weighted by atomic mass is 10.0. The highest BCUT2D eigenvalue weighted by molar-refractivity contribution is 14.1. The van der Waals surface area contributed by atoms with Gasteiger partial charge in [-0.2, -0.15) is 26.3 Å². The number of alkyl halides is 7. The molecule has 0 spiro atoms. The number of benzene rings is 1. The van der Waals surface area contributed by atoms with Crippen molar-refractivity contribution in [3.05, 3.63) is 33.4 Å². The first kappa shape index (κ1) is 15.3. The van der Waals surface area contributed by atoms with Gasteiger partial charge in [-0.3, -0.25) is 0 Å². The molecule has 96 valence electrons. The molecular formula is C9H4F6I2. The molecule has 0 aliphatic heterocycles. The van der Waals surface area contributed by atoms with Gasteiger partial charge in [-0.1, -0.05) is 12.1 Å². The number of hydrogen-bond acceptors (Lipinski definition) is 0. The van der Waals surface area contributed by atoms with E-state index >= 15 is 0 Å². The first-order valence-corrected chi connectivity index (χ1v) is 6.24. The molecule has 1 rings (SSSR count). The van der Waals surface area contributed by atoms with Crippen LogP contribution in [0.5, 0.6) is 0 Å². The molecule has 0 nitrogen and oxygen atoms in total. The lowest BCUT2D eigenvalue weighted by Crippen LogP contribution is -2.49. The summed E-state index contributed by atoms with van der Waals surface area (Å²) in [7, 11) is 0. The molecule has 1 aromatic rings. The highest BCUT2D eigenvalue weighted by Crippen LogP contribution is 2.53. The largest absolute Gasteiger partial charge is 0.385 e. The van der Waals surface area contributed by atoms with Crippen LogP contribution >= 0.6 is 45.2 Å². The SMILES string of the molecule is FC(F)(I)C(F)(F)C(F)(F)c1cccc(I)c1. The maximum absolute atomic E-state index is 13.4. The van der Waals surface area contributed by atoms with Crippen molar-refractivity contribution in [1.82, 2.24) is 0 Å². The van der Waals surface area contributed by atoms with E-state index in [1.807, 2.05) is 0 Å². The van der Waals surface area contributed by atoms with Gasteiger partial charge in [-0.25, -0.2) is 0 Å². The Morgan fingerprint density at radius 2 is 1.47 bits per heavy atom. The van der Waals surface area contributed by atoms with E-state index in [4.69, 9.17) is 0 Å². The molecule has 0 bridgehead atoms. The van der Waals surface area contributed by atoms with E-state index in [0.29, 0.717) is 6.07 Å². The molecule has 0 heterocycles. The average Bonchev–Trinajstić information content (AvgIpc) is 2.15. The molecular weight excluding hydrogens is 476 g/mol. The molecule has 0 amide bonds. The molecule has 0 saturated carbocycles. The third-order valence-electron chi connectivity index (χ3n) is 1.94. The fraction of sp³-hybridized carbons (Fsp3) is 0.333. The van der Waals surface area contributed by atoms with Gasteiger partial charge >= 0.3 is 15.8 Å². The molecule has 0 aromatic heterocycles. The predicted octanol–water partition coefficient (Wildman–Crippen LogP) is 5.05. The summed E-state index contributed by atoms with van der Waals surface area (Å²) in [6.45, 7) is 0. The average molecular weight is 480 g/mol. The van der Waals surface area contributed by atoms with E-state index in [9.17, 15) is 26.3 Å². The summed E-state index contributed by atoms with van der Waals surface area (Å²) in [5.74, 6) is -10.4. The van der Waals surface area contributed by atoms with E-state index in [1.54, 1.807) is 22.6 Å². The van der Waals surface area contributed by atoms with Crippen LogP contribution in [-0.2, 0) is 5.92 Å². The van der Waals surface area contributed by atoms with Crippen molar-refractivity contribution in [2.75, 3.05) is 0 Å². The highest BCUT2D eigenvalue weighted by atomic mass is 127. The van der Waals surface area contributed by atoms with Gasteiger partial charge in [0.05, 0.1) is 0 Å². The molecule has 0 N–H and O–H groups in total. The van der Waals surface area contributed by atoms with Crippen molar-refractivity contribution in [2.45, 2.75) is 15.8 Å². The van der Waals surface area contributed by atoms with Crippen molar-refractivity contribution >= 4 is 45.2 Å². The maximum Gasteiger partial charge on any atom is 0.385 e. The van der Waals surface area contributed by atoms with Gasteiger partial charge in [0.2, 0.25) is 0 Å². The molecule has 0 unspecified atom stereocenters. The van der Waals surface area contributed by atoms with Crippen LogP contribution in [0.2, 0.25) is 0 Å². The van der Waals surface area contributed by atoms with Crippen molar-refractivity contribution in [3.63, 3.8) is 0 Å². The van der Waals surface area contributed by atoms with Crippen LogP contribution in [0, 0.1) is 3.57 Å². The van der Waals surface area contributed by atoms with E-state index < -0.39 is 21.3 Å². The Bertz CT molecular complexity index is 412. The summed E-state index contributed by atoms with van der Waals surface area (Å²) in [5, 5.41) is 0. The normalized spacial score (nSPS) is 13.9. The Morgan fingerprint density at radius 3 is 1.88 bits per heavy atom. The standard InChI is InChI=1S/C9H4F6I2/c10-7(11,8(12,13)9(14,15)17)5-2-1-3-6(16)4-5/h1-4H. The summed E-state index contributed by atoms with van der Waals surface area (Å²) in [4.78, 5) is 0. The molecule has 8 heteroatoms. The minimum Gasteiger partial charge on any atom is -0.194 e. The van der Waals surface area contributed by atoms with Gasteiger partial charge < -0.3 is 0 Å². The Hall–Kier alpha value is 0.260. The van der Waals surface area contributed by atoms with Gasteiger partial charge in [0, 0.05) is 31.7 Å². The molecule has 0 fully saturated rings. The topological polar surface area (TPSA) is 0 Å². The molecule has 0 aliphatic carbocycles. The fourth-order valence-corrected chi connectivity index (χ4v) is 1.92. The van der Waals surface area contributed by atoms with Crippen molar-refractivity contribution in [3.8, 4) is 0 Å². The zero-order chi connectivity index (χ0) is 13.5. The second kappa shape index (κ2) is 4.74. The third kappa shape index (κ3) is 2.82. The lowest BCUT2D eigenvalue weighted by molar-refractivity contribution is -0.276. The van der Waals surface area contributed by atoms with Crippen LogP contribution in [0.15, 0.2) is 24.3 Å². The third-order valence-corrected chi connectivity index (χ3v) is 3.29. The second-order valence-electron chi connectivity index (χ2n) is 3.16. The van der Waals surface area contributed by atoms with Crippen LogP contribution in [-0.4, -0.2) is 9.85 Å². The minimum absolute atomic E-state index is 0.0149. The van der Waals surface area contributed by atoms with Crippen molar-refractivity contribution in [1.29, 1.82) is 0 Å². The lowest BCUT2D eigenvalue weighted by Gasteiger charge is -2.29. The molecule has 17 heavy (non-hydrogen) atoms. The number of rotatable bonds is 3. The Labute approximate surface area is 120 Å². The molecule has 0 atom stereocenters. The quantitative estimate of drug-likeness (QED) is 0.323. The minimum atomic E-state index is -5.45. The summed E-state index contributed by atoms with van der Waals surface area (Å²) in [6, 6.07) is 3.93. The molecule has 1 aromatic carbocycles. The summed E-state index contributed by atoms with van der Waals surface area (Å²) < 4.78 is 73.3. The highest BCUT2D eigenvalue weighted by Gasteiger charge is 2.71. The summed E-state index contributed by atoms with van der Waals surface area (Å²) in [6.07, 6.45) is 0. The number of hydrogen-bond donors (Lipinski definition) is 0. The molecule has 0 radical (unpaired) electrons. The van der Waals surface area contributed by atoms with Gasteiger partial charge in [0.1, 0.15) is 0 Å². The Balaban J connectivity index is 3.28. The van der Waals surface area contributed by atoms with Gasteiger partial charge in [-0.15, -0.1) is 0 Å². The zero-order valence-electron chi connectivity index (χ0n) is 7.83. The van der Waals surface area contributed by atoms with Crippen LogP contribution in [0.4, 0.5) is 26.3 Å². The van der Waals surface area contributed by atoms with Gasteiger partial charge in [0.15, 0.2) is 0 Å². The van der Waals surface area contributed by atoms with Gasteiger partial charge in [-0.05, 0) is 34.7 Å². The van der Waals surface area contributed by atoms with E-state index in [2.05, 4.69) is 0 Å². The van der Waals surface area contributed by atoms with Crippen molar-refractivity contribution in [2.24, 2.45) is 0 Å². The fourth-order valence-electron chi connectivity index (χ4n) is 1.04. The van der Waals surface area contributed by atoms with Crippen molar-refractivity contribution < 1.29 is 26.3 Å². The van der Waals surface area contributed by atoms with Crippen LogP contribution in [0.3, 0.4) is 0 Å². The van der Waals surface area contributed by atoms with E-state index in [1.165, 1.54) is 6.07 Å². The number of halogens is 8. The van der Waals surface area contributed by atoms with Gasteiger partial charge in [0.25, 0.3) is 0 Å². The van der Waals surface area contributed by atoms with Crippen LogP contribution in [0.25, 0.3) is 0 Å². The summed E-state index contributed by atoms with van der Waals surface area (Å²) in [5.41, 5.74) is -1.13. The Kier molecular flexibility index (Phi) is 4.27. The summed E-state index contributed by atoms with van der Waals surface area (Å²) >= 11 is 1.64. The maximum atomic E-state index is 13.4. The molecule has 0 aliphatic rings. The Morgan fingerprint density at radius 1 is 0.941 bits per heavy atom. The zero-order valence-corrected chi connectivity index (χ0v) is 12.1. The molecule has 0 saturated heterocycles. The van der Waals surface area contributed by atoms with E-state index in [0.717, 1.165) is 12.1 Å². The first-order chi connectivity index (χ1) is 7.50. The predicted molar refractivity (Wildman–Crippen MR) is 67.0 cm³/mol. The monoisotopic (exact) mass is 480 g/mol. The smallest absolute Gasteiger partial charge is 0.194 e. The van der Waals surface area contributed by atoms with Crippen LogP contribution < -0.4 is 0 Å².